The number of hydrogen-bond acceptors (Lipinski definition) is 6. The fourth-order valence-corrected chi connectivity index (χ4v) is 3.69. The van der Waals surface area contributed by atoms with Gasteiger partial charge in [-0.15, -0.1) is 0 Å². The Bertz CT molecular complexity index is 1440. The zero-order valence-corrected chi connectivity index (χ0v) is 19.9. The molecule has 4 rings (SSSR count). The van der Waals surface area contributed by atoms with Crippen molar-refractivity contribution in [3.05, 3.63) is 58.1 Å². The topological polar surface area (TPSA) is 102 Å². The number of aryl methyl sites for hydroxylation is 1. The molecule has 9 nitrogen and oxygen atoms in total. The van der Waals surface area contributed by atoms with E-state index in [2.05, 4.69) is 31.0 Å². The number of amides is 1. The summed E-state index contributed by atoms with van der Waals surface area (Å²) in [6.45, 7) is 1.52. The summed E-state index contributed by atoms with van der Waals surface area (Å²) in [5, 5.41) is 13.2. The molecule has 0 aliphatic heterocycles. The van der Waals surface area contributed by atoms with Gasteiger partial charge in [-0.25, -0.2) is 23.4 Å². The van der Waals surface area contributed by atoms with Crippen molar-refractivity contribution in [3.8, 4) is 23.5 Å². The predicted molar refractivity (Wildman–Crippen MR) is 122 cm³/mol. The van der Waals surface area contributed by atoms with Crippen LogP contribution in [0.5, 0.6) is 5.75 Å². The van der Waals surface area contributed by atoms with Crippen LogP contribution in [0.15, 0.2) is 41.1 Å². The molecule has 1 amide bonds. The molecule has 3 aromatic heterocycles. The van der Waals surface area contributed by atoms with Gasteiger partial charge in [0.25, 0.3) is 12.3 Å². The van der Waals surface area contributed by atoms with E-state index >= 15 is 0 Å². The van der Waals surface area contributed by atoms with Gasteiger partial charge in [0.1, 0.15) is 24.0 Å². The number of imidazole rings is 1. The summed E-state index contributed by atoms with van der Waals surface area (Å²) in [6.07, 6.45) is -1.28. The zero-order valence-electron chi connectivity index (χ0n) is 18.3. The first-order valence-corrected chi connectivity index (χ1v) is 10.7. The minimum absolute atomic E-state index is 0.0745. The van der Waals surface area contributed by atoms with Crippen LogP contribution in [-0.4, -0.2) is 55.8 Å². The molecule has 0 spiro atoms. The van der Waals surface area contributed by atoms with Crippen molar-refractivity contribution in [2.45, 2.75) is 13.3 Å². The van der Waals surface area contributed by atoms with Crippen LogP contribution in [0.2, 0.25) is 0 Å². The Balaban J connectivity index is 1.77. The molecular weight excluding hydrogens is 512 g/mol. The minimum Gasteiger partial charge on any atom is -0.483 e. The van der Waals surface area contributed by atoms with E-state index in [1.165, 1.54) is 34.1 Å². The molecule has 0 unspecified atom stereocenters. The number of ether oxygens (including phenoxy) is 1. The van der Waals surface area contributed by atoms with Crippen LogP contribution in [0, 0.1) is 18.3 Å². The van der Waals surface area contributed by atoms with Crippen molar-refractivity contribution in [2.75, 3.05) is 20.7 Å². The highest BCUT2D eigenvalue weighted by Gasteiger charge is 2.21. The first-order chi connectivity index (χ1) is 16.2. The fourth-order valence-electron chi connectivity index (χ4n) is 3.24. The van der Waals surface area contributed by atoms with E-state index in [1.54, 1.807) is 37.7 Å². The van der Waals surface area contributed by atoms with Gasteiger partial charge in [0.15, 0.2) is 18.1 Å². The summed E-state index contributed by atoms with van der Waals surface area (Å²) >= 11 is 3.44. The number of pyridine rings is 1. The van der Waals surface area contributed by atoms with Gasteiger partial charge >= 0.3 is 0 Å². The fraction of sp³-hybridized carbons (Fsp3) is 0.227. The normalized spacial score (nSPS) is 11.1. The Morgan fingerprint density at radius 1 is 1.29 bits per heavy atom. The maximum Gasteiger partial charge on any atom is 0.267 e. The smallest absolute Gasteiger partial charge is 0.267 e. The van der Waals surface area contributed by atoms with E-state index < -0.39 is 6.43 Å². The predicted octanol–water partition coefficient (Wildman–Crippen LogP) is 3.95. The maximum absolute atomic E-state index is 13.7. The molecule has 3 heterocycles. The number of carbonyl (C=O) groups excluding carboxylic acids is 1. The summed E-state index contributed by atoms with van der Waals surface area (Å²) in [4.78, 5) is 22.1. The summed E-state index contributed by atoms with van der Waals surface area (Å²) in [5.41, 5.74) is 1.47. The van der Waals surface area contributed by atoms with Crippen LogP contribution in [0.3, 0.4) is 0 Å². The summed E-state index contributed by atoms with van der Waals surface area (Å²) in [5.74, 6) is 0.501. The molecule has 0 saturated carbocycles. The Morgan fingerprint density at radius 3 is 2.71 bits per heavy atom. The molecule has 0 N–H and O–H groups in total. The van der Waals surface area contributed by atoms with Gasteiger partial charge in [0.2, 0.25) is 0 Å². The Kier molecular flexibility index (Phi) is 6.30. The number of nitrogens with zero attached hydrogens (tertiary/aromatic N) is 7. The van der Waals surface area contributed by atoms with Crippen LogP contribution in [0.4, 0.5) is 8.78 Å². The molecular formula is C22H18BrF2N7O2. The van der Waals surface area contributed by atoms with Crippen molar-refractivity contribution in [2.24, 2.45) is 0 Å². The van der Waals surface area contributed by atoms with Gasteiger partial charge in [0, 0.05) is 25.9 Å². The number of hydrogen-bond donors (Lipinski definition) is 0. The van der Waals surface area contributed by atoms with Gasteiger partial charge in [-0.2, -0.15) is 10.4 Å². The first kappa shape index (κ1) is 23.3. The third-order valence-corrected chi connectivity index (χ3v) is 5.65. The second-order valence-corrected chi connectivity index (χ2v) is 8.39. The molecule has 1 aromatic carbocycles. The largest absolute Gasteiger partial charge is 0.483 e. The number of aromatic nitrogens is 5. The summed E-state index contributed by atoms with van der Waals surface area (Å²) in [6, 6.07) is 9.56. The molecule has 0 aliphatic rings. The lowest BCUT2D eigenvalue weighted by Gasteiger charge is -2.13. The van der Waals surface area contributed by atoms with Crippen LogP contribution in [0.25, 0.3) is 22.7 Å². The standard InChI is InChI=1S/C22H18BrF2N7O2/c1-12-6-13(9-26)29-32(12)22-14(21(24)25)4-5-19(28-22)31-11-27-16-8-18(15(23)7-17(16)31)34-10-20(33)30(2)3/h4-8,11,21H,10H2,1-3H3. The van der Waals surface area contributed by atoms with E-state index in [1.807, 2.05) is 6.07 Å². The van der Waals surface area contributed by atoms with Crippen LogP contribution in [-0.2, 0) is 4.79 Å². The third kappa shape index (κ3) is 4.34. The Morgan fingerprint density at radius 2 is 2.06 bits per heavy atom. The van der Waals surface area contributed by atoms with Gasteiger partial charge in [0.05, 0.1) is 21.1 Å². The van der Waals surface area contributed by atoms with E-state index in [4.69, 9.17) is 10.00 Å². The van der Waals surface area contributed by atoms with Crippen molar-refractivity contribution in [1.29, 1.82) is 5.26 Å². The van der Waals surface area contributed by atoms with E-state index in [0.29, 0.717) is 32.8 Å². The maximum atomic E-state index is 13.7. The lowest BCUT2D eigenvalue weighted by Crippen LogP contribution is -2.27. The van der Waals surface area contributed by atoms with Crippen LogP contribution < -0.4 is 4.74 Å². The van der Waals surface area contributed by atoms with Crippen molar-refractivity contribution < 1.29 is 18.3 Å². The number of carbonyl (C=O) groups is 1. The summed E-state index contributed by atoms with van der Waals surface area (Å²) < 4.78 is 36.5. The van der Waals surface area contributed by atoms with Gasteiger partial charge in [-0.1, -0.05) is 0 Å². The average molecular weight is 530 g/mol. The molecule has 12 heteroatoms. The highest BCUT2D eigenvalue weighted by Crippen LogP contribution is 2.32. The molecule has 0 fully saturated rings. The van der Waals surface area contributed by atoms with Gasteiger partial charge in [-0.3, -0.25) is 9.36 Å². The van der Waals surface area contributed by atoms with Crippen LogP contribution >= 0.6 is 15.9 Å². The number of likely N-dealkylation sites (N-methyl/N-ethyl adjacent to an activating group) is 1. The van der Waals surface area contributed by atoms with Gasteiger partial charge in [-0.05, 0) is 47.1 Å². The first-order valence-electron chi connectivity index (χ1n) is 9.95. The molecule has 0 bridgehead atoms. The number of rotatable bonds is 6. The van der Waals surface area contributed by atoms with E-state index in [0.717, 1.165) is 0 Å². The zero-order chi connectivity index (χ0) is 24.6. The Hall–Kier alpha value is -3.85. The molecule has 0 aliphatic carbocycles. The second-order valence-electron chi connectivity index (χ2n) is 7.54. The van der Waals surface area contributed by atoms with E-state index in [9.17, 15) is 13.6 Å². The van der Waals surface area contributed by atoms with Gasteiger partial charge < -0.3 is 9.64 Å². The molecule has 0 radical (unpaired) electrons. The lowest BCUT2D eigenvalue weighted by molar-refractivity contribution is -0.130. The van der Waals surface area contributed by atoms with Crippen molar-refractivity contribution in [1.82, 2.24) is 29.2 Å². The number of nitriles is 1. The monoisotopic (exact) mass is 529 g/mol. The average Bonchev–Trinajstić information content (AvgIpc) is 3.39. The van der Waals surface area contributed by atoms with Crippen molar-refractivity contribution in [3.63, 3.8) is 0 Å². The Labute approximate surface area is 201 Å². The molecule has 0 saturated heterocycles. The molecule has 174 valence electrons. The lowest BCUT2D eigenvalue weighted by atomic mass is 10.2. The highest BCUT2D eigenvalue weighted by molar-refractivity contribution is 9.10. The SMILES string of the molecule is Cc1cc(C#N)nn1-c1nc(-n2cnc3cc(OCC(=O)N(C)C)c(Br)cc32)ccc1C(F)F. The minimum atomic E-state index is -2.79. The highest BCUT2D eigenvalue weighted by atomic mass is 79.9. The van der Waals surface area contributed by atoms with Crippen molar-refractivity contribution >= 4 is 32.9 Å². The molecule has 34 heavy (non-hydrogen) atoms. The number of benzene rings is 1. The molecule has 0 atom stereocenters. The number of fused-ring (bicyclic) bond motifs is 1. The third-order valence-electron chi connectivity index (χ3n) is 5.03. The number of halogens is 3. The summed E-state index contributed by atoms with van der Waals surface area (Å²) in [7, 11) is 3.27. The molecule has 4 aromatic rings. The number of alkyl halides is 2. The second kappa shape index (κ2) is 9.18. The van der Waals surface area contributed by atoms with E-state index in [-0.39, 0.29) is 29.6 Å². The van der Waals surface area contributed by atoms with Crippen LogP contribution in [0.1, 0.15) is 23.4 Å². The quantitative estimate of drug-likeness (QED) is 0.374.